The van der Waals surface area contributed by atoms with Gasteiger partial charge < -0.3 is 10.6 Å². The van der Waals surface area contributed by atoms with Crippen molar-refractivity contribution in [2.24, 2.45) is 4.99 Å². The van der Waals surface area contributed by atoms with Gasteiger partial charge in [-0.25, -0.2) is 4.99 Å². The summed E-state index contributed by atoms with van der Waals surface area (Å²) >= 11 is 5.18. The van der Waals surface area contributed by atoms with Crippen LogP contribution in [-0.2, 0) is 13.1 Å². The van der Waals surface area contributed by atoms with Gasteiger partial charge in [-0.2, -0.15) is 0 Å². The van der Waals surface area contributed by atoms with E-state index in [1.807, 2.05) is 35.7 Å². The summed E-state index contributed by atoms with van der Waals surface area (Å²) < 4.78 is 3.06. The molecule has 0 spiro atoms. The maximum atomic E-state index is 4.59. The molecule has 0 unspecified atom stereocenters. The average molecular weight is 393 g/mol. The lowest BCUT2D eigenvalue weighted by atomic mass is 10.4. The molecule has 0 radical (unpaired) electrons. The van der Waals surface area contributed by atoms with E-state index in [9.17, 15) is 0 Å². The SMILES string of the molecule is CCNC(=NCc1nnc2ccccn12)NCc1cc(Br)cs1. The molecular weight excluding hydrogens is 376 g/mol. The molecule has 23 heavy (non-hydrogen) atoms. The minimum absolute atomic E-state index is 0.467. The van der Waals surface area contributed by atoms with Gasteiger partial charge in [-0.1, -0.05) is 6.07 Å². The number of nitrogens with zero attached hydrogens (tertiary/aromatic N) is 4. The predicted octanol–water partition coefficient (Wildman–Crippen LogP) is 2.81. The molecule has 3 aromatic heterocycles. The second-order valence-electron chi connectivity index (χ2n) is 4.83. The van der Waals surface area contributed by atoms with E-state index in [2.05, 4.69) is 53.2 Å². The highest BCUT2D eigenvalue weighted by Crippen LogP contribution is 2.19. The Balaban J connectivity index is 1.68. The van der Waals surface area contributed by atoms with E-state index in [0.717, 1.165) is 35.0 Å². The van der Waals surface area contributed by atoms with Crippen molar-refractivity contribution in [2.45, 2.75) is 20.0 Å². The van der Waals surface area contributed by atoms with Gasteiger partial charge in [0.1, 0.15) is 6.54 Å². The maximum Gasteiger partial charge on any atom is 0.191 e. The molecule has 0 aliphatic carbocycles. The van der Waals surface area contributed by atoms with Crippen LogP contribution >= 0.6 is 27.3 Å². The fraction of sp³-hybridized carbons (Fsp3) is 0.267. The van der Waals surface area contributed by atoms with Crippen LogP contribution in [0.25, 0.3) is 5.65 Å². The van der Waals surface area contributed by atoms with E-state index in [1.54, 1.807) is 11.3 Å². The number of nitrogens with one attached hydrogen (secondary N) is 2. The van der Waals surface area contributed by atoms with Crippen LogP contribution in [0.3, 0.4) is 0 Å². The zero-order valence-electron chi connectivity index (χ0n) is 12.7. The summed E-state index contributed by atoms with van der Waals surface area (Å²) in [5, 5.41) is 17.0. The van der Waals surface area contributed by atoms with Crippen LogP contribution < -0.4 is 10.6 Å². The molecule has 2 N–H and O–H groups in total. The number of fused-ring (bicyclic) bond motifs is 1. The number of pyridine rings is 1. The van der Waals surface area contributed by atoms with Gasteiger partial charge in [0.15, 0.2) is 17.4 Å². The quantitative estimate of drug-likeness (QED) is 0.517. The summed E-state index contributed by atoms with van der Waals surface area (Å²) in [7, 11) is 0. The molecular formula is C15H17BrN6S. The summed E-state index contributed by atoms with van der Waals surface area (Å²) in [5.74, 6) is 1.58. The average Bonchev–Trinajstić information content (AvgIpc) is 3.16. The van der Waals surface area contributed by atoms with E-state index < -0.39 is 0 Å². The molecule has 3 aromatic rings. The fourth-order valence-electron chi connectivity index (χ4n) is 2.11. The molecule has 0 aliphatic rings. The smallest absolute Gasteiger partial charge is 0.191 e. The third-order valence-electron chi connectivity index (χ3n) is 3.16. The van der Waals surface area contributed by atoms with Crippen molar-refractivity contribution in [3.63, 3.8) is 0 Å². The van der Waals surface area contributed by atoms with E-state index in [4.69, 9.17) is 0 Å². The molecule has 6 nitrogen and oxygen atoms in total. The standard InChI is InChI=1S/C15H17BrN6S/c1-2-17-15(18-8-12-7-11(16)10-23-12)19-9-14-21-20-13-5-3-4-6-22(13)14/h3-7,10H,2,8-9H2,1H3,(H2,17,18,19). The molecule has 120 valence electrons. The second kappa shape index (κ2) is 7.56. The highest BCUT2D eigenvalue weighted by Gasteiger charge is 2.05. The van der Waals surface area contributed by atoms with Gasteiger partial charge in [0, 0.05) is 27.5 Å². The molecule has 0 amide bonds. The number of hydrogen-bond acceptors (Lipinski definition) is 4. The topological polar surface area (TPSA) is 66.6 Å². The Kier molecular flexibility index (Phi) is 5.24. The second-order valence-corrected chi connectivity index (χ2v) is 6.74. The van der Waals surface area contributed by atoms with E-state index in [-0.39, 0.29) is 0 Å². The van der Waals surface area contributed by atoms with Crippen molar-refractivity contribution in [1.82, 2.24) is 25.2 Å². The first-order chi connectivity index (χ1) is 11.3. The zero-order chi connectivity index (χ0) is 16.1. The molecule has 0 atom stereocenters. The molecule has 0 bridgehead atoms. The van der Waals surface area contributed by atoms with Crippen LogP contribution in [-0.4, -0.2) is 27.1 Å². The van der Waals surface area contributed by atoms with Crippen molar-refractivity contribution < 1.29 is 0 Å². The van der Waals surface area contributed by atoms with Gasteiger partial charge in [0.05, 0.1) is 6.54 Å². The van der Waals surface area contributed by atoms with Gasteiger partial charge in [-0.15, -0.1) is 21.5 Å². The van der Waals surface area contributed by atoms with Crippen LogP contribution in [0, 0.1) is 0 Å². The van der Waals surface area contributed by atoms with Gasteiger partial charge in [-0.05, 0) is 41.1 Å². The molecule has 0 saturated carbocycles. The third-order valence-corrected chi connectivity index (χ3v) is 4.86. The minimum atomic E-state index is 0.467. The number of halogens is 1. The lowest BCUT2D eigenvalue weighted by Gasteiger charge is -2.10. The Hall–Kier alpha value is -1.93. The van der Waals surface area contributed by atoms with Gasteiger partial charge in [0.2, 0.25) is 0 Å². The third kappa shape index (κ3) is 4.08. The first-order valence-corrected chi connectivity index (χ1v) is 8.97. The van der Waals surface area contributed by atoms with Crippen LogP contribution in [0.15, 0.2) is 45.3 Å². The summed E-state index contributed by atoms with van der Waals surface area (Å²) in [6, 6.07) is 7.94. The molecule has 0 aromatic carbocycles. The van der Waals surface area contributed by atoms with Crippen molar-refractivity contribution >= 4 is 38.9 Å². The largest absolute Gasteiger partial charge is 0.357 e. The summed E-state index contributed by atoms with van der Waals surface area (Å²) in [6.07, 6.45) is 1.95. The summed E-state index contributed by atoms with van der Waals surface area (Å²) in [6.45, 7) is 4.06. The first-order valence-electron chi connectivity index (χ1n) is 7.30. The van der Waals surface area contributed by atoms with Crippen molar-refractivity contribution in [3.8, 4) is 0 Å². The van der Waals surface area contributed by atoms with E-state index in [0.29, 0.717) is 6.54 Å². The van der Waals surface area contributed by atoms with Crippen LogP contribution in [0.1, 0.15) is 17.6 Å². The zero-order valence-corrected chi connectivity index (χ0v) is 15.1. The number of thiophene rings is 1. The molecule has 3 rings (SSSR count). The first kappa shape index (κ1) is 15.9. The number of guanidine groups is 1. The monoisotopic (exact) mass is 392 g/mol. The Bertz CT molecular complexity index is 809. The van der Waals surface area contributed by atoms with Crippen LogP contribution in [0.5, 0.6) is 0 Å². The van der Waals surface area contributed by atoms with Crippen LogP contribution in [0.2, 0.25) is 0 Å². The molecule has 8 heteroatoms. The van der Waals surface area contributed by atoms with Gasteiger partial charge >= 0.3 is 0 Å². The maximum absolute atomic E-state index is 4.59. The van der Waals surface area contributed by atoms with Crippen molar-refractivity contribution in [3.05, 3.63) is 51.0 Å². The molecule has 0 aliphatic heterocycles. The molecule has 0 saturated heterocycles. The number of aliphatic imine (C=N–C) groups is 1. The number of hydrogen-bond donors (Lipinski definition) is 2. The Labute approximate surface area is 146 Å². The van der Waals surface area contributed by atoms with Crippen LogP contribution in [0.4, 0.5) is 0 Å². The Morgan fingerprint density at radius 3 is 3.04 bits per heavy atom. The number of rotatable bonds is 5. The normalized spacial score (nSPS) is 11.8. The van der Waals surface area contributed by atoms with Crippen molar-refractivity contribution in [1.29, 1.82) is 0 Å². The van der Waals surface area contributed by atoms with E-state index >= 15 is 0 Å². The van der Waals surface area contributed by atoms with Gasteiger partial charge in [-0.3, -0.25) is 4.40 Å². The fourth-order valence-corrected chi connectivity index (χ4v) is 3.50. The number of aromatic nitrogens is 3. The Morgan fingerprint density at radius 1 is 1.35 bits per heavy atom. The highest BCUT2D eigenvalue weighted by molar-refractivity contribution is 9.10. The predicted molar refractivity (Wildman–Crippen MR) is 96.7 cm³/mol. The van der Waals surface area contributed by atoms with Crippen molar-refractivity contribution in [2.75, 3.05) is 6.54 Å². The van der Waals surface area contributed by atoms with E-state index in [1.165, 1.54) is 4.88 Å². The highest BCUT2D eigenvalue weighted by atomic mass is 79.9. The lowest BCUT2D eigenvalue weighted by Crippen LogP contribution is -2.36. The minimum Gasteiger partial charge on any atom is -0.357 e. The molecule has 3 heterocycles. The lowest BCUT2D eigenvalue weighted by molar-refractivity contribution is 0.804. The molecule has 0 fully saturated rings. The van der Waals surface area contributed by atoms with Gasteiger partial charge in [0.25, 0.3) is 0 Å². The Morgan fingerprint density at radius 2 is 2.26 bits per heavy atom. The summed E-state index contributed by atoms with van der Waals surface area (Å²) in [5.41, 5.74) is 0.832. The summed E-state index contributed by atoms with van der Waals surface area (Å²) in [4.78, 5) is 5.84.